The standard InChI is InChI=1S/C21H19NO2/c23-12-16-10-22(11-19(16)24)18-9-7-15-5-4-13-2-1-3-14-6-8-17(18)21(15)20(13)14/h1-9,16,19,23-24H,10-12H2/t16-,19+/m1/s1. The summed E-state index contributed by atoms with van der Waals surface area (Å²) in [4.78, 5) is 2.21. The second-order valence-electron chi connectivity index (χ2n) is 6.86. The van der Waals surface area contributed by atoms with Crippen LogP contribution in [0.25, 0.3) is 32.3 Å². The first-order valence-corrected chi connectivity index (χ1v) is 8.46. The van der Waals surface area contributed by atoms with Crippen molar-refractivity contribution in [2.75, 3.05) is 24.6 Å². The van der Waals surface area contributed by atoms with Gasteiger partial charge in [-0.15, -0.1) is 0 Å². The maximum atomic E-state index is 10.2. The highest BCUT2D eigenvalue weighted by Gasteiger charge is 2.31. The number of aliphatic hydroxyl groups is 2. The summed E-state index contributed by atoms with van der Waals surface area (Å²) in [5.41, 5.74) is 1.15. The van der Waals surface area contributed by atoms with Crippen molar-refractivity contribution in [2.24, 2.45) is 5.92 Å². The summed E-state index contributed by atoms with van der Waals surface area (Å²) in [5.74, 6) is -0.0662. The molecule has 0 unspecified atom stereocenters. The van der Waals surface area contributed by atoms with E-state index in [1.165, 1.54) is 32.3 Å². The molecule has 2 N–H and O–H groups in total. The highest BCUT2D eigenvalue weighted by atomic mass is 16.3. The SMILES string of the molecule is OC[C@H]1CN(c2ccc3ccc4cccc5ccc2c3c45)C[C@@H]1O. The summed E-state index contributed by atoms with van der Waals surface area (Å²) in [6, 6.07) is 19.5. The smallest absolute Gasteiger partial charge is 0.0782 e. The minimum atomic E-state index is -0.464. The molecule has 3 heteroatoms. The summed E-state index contributed by atoms with van der Waals surface area (Å²) in [5, 5.41) is 27.2. The lowest BCUT2D eigenvalue weighted by Crippen LogP contribution is -2.21. The van der Waals surface area contributed by atoms with E-state index in [0.29, 0.717) is 13.1 Å². The molecule has 1 heterocycles. The zero-order chi connectivity index (χ0) is 16.3. The van der Waals surface area contributed by atoms with E-state index in [-0.39, 0.29) is 12.5 Å². The van der Waals surface area contributed by atoms with Crippen molar-refractivity contribution < 1.29 is 10.2 Å². The van der Waals surface area contributed by atoms with E-state index in [1.54, 1.807) is 0 Å². The second-order valence-corrected chi connectivity index (χ2v) is 6.86. The van der Waals surface area contributed by atoms with Crippen LogP contribution in [-0.4, -0.2) is 36.0 Å². The Balaban J connectivity index is 1.79. The molecule has 0 aromatic heterocycles. The number of anilines is 1. The van der Waals surface area contributed by atoms with Gasteiger partial charge in [-0.3, -0.25) is 0 Å². The largest absolute Gasteiger partial charge is 0.396 e. The van der Waals surface area contributed by atoms with Gasteiger partial charge in [0.05, 0.1) is 12.7 Å². The maximum Gasteiger partial charge on any atom is 0.0782 e. The Morgan fingerprint density at radius 3 is 2.21 bits per heavy atom. The molecule has 3 nitrogen and oxygen atoms in total. The van der Waals surface area contributed by atoms with Gasteiger partial charge < -0.3 is 15.1 Å². The van der Waals surface area contributed by atoms with Crippen molar-refractivity contribution in [1.29, 1.82) is 0 Å². The van der Waals surface area contributed by atoms with Gasteiger partial charge in [-0.05, 0) is 33.0 Å². The number of β-amino-alcohol motifs (C(OH)–C–C–N with tert-alkyl or cyclic N) is 1. The van der Waals surface area contributed by atoms with Gasteiger partial charge in [0.2, 0.25) is 0 Å². The third-order valence-electron chi connectivity index (χ3n) is 5.49. The van der Waals surface area contributed by atoms with E-state index < -0.39 is 6.10 Å². The van der Waals surface area contributed by atoms with Crippen LogP contribution in [0.5, 0.6) is 0 Å². The molecule has 24 heavy (non-hydrogen) atoms. The average molecular weight is 317 g/mol. The summed E-state index contributed by atoms with van der Waals surface area (Å²) in [6.45, 7) is 1.31. The lowest BCUT2D eigenvalue weighted by Gasteiger charge is -2.22. The van der Waals surface area contributed by atoms with Crippen molar-refractivity contribution in [3.05, 3.63) is 54.6 Å². The van der Waals surface area contributed by atoms with Crippen LogP contribution in [0.3, 0.4) is 0 Å². The summed E-state index contributed by atoms with van der Waals surface area (Å²) >= 11 is 0. The fourth-order valence-electron chi connectivity index (χ4n) is 4.23. The first-order valence-electron chi connectivity index (χ1n) is 8.46. The molecular formula is C21H19NO2. The molecule has 0 saturated carbocycles. The van der Waals surface area contributed by atoms with E-state index >= 15 is 0 Å². The van der Waals surface area contributed by atoms with Crippen LogP contribution in [0, 0.1) is 5.92 Å². The summed E-state index contributed by atoms with van der Waals surface area (Å²) in [6.07, 6.45) is -0.464. The number of hydrogen-bond acceptors (Lipinski definition) is 3. The molecule has 2 atom stereocenters. The van der Waals surface area contributed by atoms with Gasteiger partial charge in [-0.25, -0.2) is 0 Å². The van der Waals surface area contributed by atoms with E-state index in [4.69, 9.17) is 0 Å². The third kappa shape index (κ3) is 1.86. The molecule has 1 aliphatic rings. The first kappa shape index (κ1) is 14.0. The monoisotopic (exact) mass is 317 g/mol. The van der Waals surface area contributed by atoms with Gasteiger partial charge in [0.1, 0.15) is 0 Å². The molecule has 120 valence electrons. The number of nitrogens with zero attached hydrogens (tertiary/aromatic N) is 1. The minimum Gasteiger partial charge on any atom is -0.396 e. The predicted molar refractivity (Wildman–Crippen MR) is 98.9 cm³/mol. The molecule has 4 aromatic rings. The molecule has 0 radical (unpaired) electrons. The Morgan fingerprint density at radius 2 is 1.50 bits per heavy atom. The zero-order valence-corrected chi connectivity index (χ0v) is 13.3. The third-order valence-corrected chi connectivity index (χ3v) is 5.49. The molecule has 0 amide bonds. The Labute approximate surface area is 140 Å². The average Bonchev–Trinajstić information content (AvgIpc) is 3.00. The van der Waals surface area contributed by atoms with Crippen LogP contribution >= 0.6 is 0 Å². The lowest BCUT2D eigenvalue weighted by atomic mass is 9.93. The van der Waals surface area contributed by atoms with E-state index in [0.717, 1.165) is 5.69 Å². The fourth-order valence-corrected chi connectivity index (χ4v) is 4.23. The Kier molecular flexibility index (Phi) is 2.96. The maximum absolute atomic E-state index is 10.2. The Morgan fingerprint density at radius 1 is 0.833 bits per heavy atom. The predicted octanol–water partition coefficient (Wildman–Crippen LogP) is 3.37. The summed E-state index contributed by atoms with van der Waals surface area (Å²) < 4.78 is 0. The normalized spacial score (nSPS) is 21.5. The highest BCUT2D eigenvalue weighted by molar-refractivity contribution is 6.25. The molecular weight excluding hydrogens is 298 g/mol. The number of benzene rings is 4. The molecule has 5 rings (SSSR count). The minimum absolute atomic E-state index is 0.0312. The topological polar surface area (TPSA) is 43.7 Å². The zero-order valence-electron chi connectivity index (χ0n) is 13.3. The summed E-state index contributed by atoms with van der Waals surface area (Å²) in [7, 11) is 0. The van der Waals surface area contributed by atoms with Crippen molar-refractivity contribution in [3.63, 3.8) is 0 Å². The van der Waals surface area contributed by atoms with Crippen LogP contribution < -0.4 is 4.90 Å². The first-order chi connectivity index (χ1) is 11.8. The van der Waals surface area contributed by atoms with Crippen LogP contribution in [-0.2, 0) is 0 Å². The van der Waals surface area contributed by atoms with Gasteiger partial charge in [0.15, 0.2) is 0 Å². The second kappa shape index (κ2) is 5.07. The molecule has 4 aromatic carbocycles. The quantitative estimate of drug-likeness (QED) is 0.557. The van der Waals surface area contributed by atoms with Gasteiger partial charge in [0.25, 0.3) is 0 Å². The van der Waals surface area contributed by atoms with Crippen LogP contribution in [0.15, 0.2) is 54.6 Å². The molecule has 0 aliphatic carbocycles. The number of aliphatic hydroxyl groups excluding tert-OH is 2. The van der Waals surface area contributed by atoms with Crippen molar-refractivity contribution in [2.45, 2.75) is 6.10 Å². The van der Waals surface area contributed by atoms with Gasteiger partial charge >= 0.3 is 0 Å². The highest BCUT2D eigenvalue weighted by Crippen LogP contribution is 2.39. The Hall–Kier alpha value is -2.36. The van der Waals surface area contributed by atoms with Gasteiger partial charge in [-0.1, -0.05) is 48.5 Å². The van der Waals surface area contributed by atoms with Crippen molar-refractivity contribution in [3.8, 4) is 0 Å². The molecule has 1 saturated heterocycles. The molecule has 1 aliphatic heterocycles. The van der Waals surface area contributed by atoms with E-state index in [9.17, 15) is 10.2 Å². The van der Waals surface area contributed by atoms with Crippen LogP contribution in [0.4, 0.5) is 5.69 Å². The van der Waals surface area contributed by atoms with Crippen LogP contribution in [0.1, 0.15) is 0 Å². The van der Waals surface area contributed by atoms with Gasteiger partial charge in [-0.2, -0.15) is 0 Å². The number of rotatable bonds is 2. The fraction of sp³-hybridized carbons (Fsp3) is 0.238. The van der Waals surface area contributed by atoms with E-state index in [2.05, 4.69) is 59.5 Å². The molecule has 0 spiro atoms. The van der Waals surface area contributed by atoms with Crippen molar-refractivity contribution >= 4 is 38.0 Å². The van der Waals surface area contributed by atoms with E-state index in [1.807, 2.05) is 0 Å². The number of hydrogen-bond donors (Lipinski definition) is 2. The van der Waals surface area contributed by atoms with Crippen LogP contribution in [0.2, 0.25) is 0 Å². The molecule has 1 fully saturated rings. The van der Waals surface area contributed by atoms with Crippen molar-refractivity contribution in [1.82, 2.24) is 0 Å². The lowest BCUT2D eigenvalue weighted by molar-refractivity contribution is 0.104. The molecule has 0 bridgehead atoms. The Bertz CT molecular complexity index is 1030. The van der Waals surface area contributed by atoms with Gasteiger partial charge in [0, 0.05) is 30.1 Å².